The first-order valence-electron chi connectivity index (χ1n) is 10.4. The summed E-state index contributed by atoms with van der Waals surface area (Å²) in [5.74, 6) is 2.94. The average Bonchev–Trinajstić information content (AvgIpc) is 2.74. The van der Waals surface area contributed by atoms with Gasteiger partial charge in [0.05, 0.1) is 26.9 Å². The van der Waals surface area contributed by atoms with Crippen molar-refractivity contribution in [1.82, 2.24) is 4.90 Å². The number of benzene rings is 2. The normalized spacial score (nSPS) is 26.8. The van der Waals surface area contributed by atoms with E-state index in [-0.39, 0.29) is 11.8 Å². The number of likely N-dealkylation sites (tertiary alicyclic amines) is 1. The van der Waals surface area contributed by atoms with Crippen molar-refractivity contribution >= 4 is 0 Å². The molecule has 1 saturated carbocycles. The Hall–Kier alpha value is -2.24. The van der Waals surface area contributed by atoms with Crippen LogP contribution in [0.15, 0.2) is 42.5 Å². The molecule has 4 rings (SSSR count). The van der Waals surface area contributed by atoms with Crippen molar-refractivity contribution in [3.05, 3.63) is 53.6 Å². The first-order valence-corrected chi connectivity index (χ1v) is 10.4. The molecule has 2 aromatic rings. The zero-order chi connectivity index (χ0) is 20.4. The van der Waals surface area contributed by atoms with E-state index in [0.29, 0.717) is 0 Å². The Kier molecular flexibility index (Phi) is 5.70. The second kappa shape index (κ2) is 8.25. The van der Waals surface area contributed by atoms with E-state index in [1.165, 1.54) is 6.42 Å². The zero-order valence-corrected chi connectivity index (χ0v) is 17.6. The molecule has 2 unspecified atom stereocenters. The molecule has 5 nitrogen and oxygen atoms in total. The van der Waals surface area contributed by atoms with Crippen molar-refractivity contribution in [2.45, 2.75) is 31.4 Å². The van der Waals surface area contributed by atoms with Gasteiger partial charge in [-0.3, -0.25) is 4.90 Å². The van der Waals surface area contributed by atoms with Gasteiger partial charge in [0.25, 0.3) is 0 Å². The first kappa shape index (κ1) is 20.0. The summed E-state index contributed by atoms with van der Waals surface area (Å²) in [5, 5.41) is 11.8. The van der Waals surface area contributed by atoms with Crippen LogP contribution in [0.3, 0.4) is 0 Å². The van der Waals surface area contributed by atoms with Crippen molar-refractivity contribution in [2.24, 2.45) is 11.8 Å². The predicted molar refractivity (Wildman–Crippen MR) is 113 cm³/mol. The molecular formula is C24H31NO4. The van der Waals surface area contributed by atoms with Gasteiger partial charge in [-0.15, -0.1) is 0 Å². The number of piperidine rings is 1. The molecule has 29 heavy (non-hydrogen) atoms. The summed E-state index contributed by atoms with van der Waals surface area (Å²) in [6.45, 7) is 2.58. The highest BCUT2D eigenvalue weighted by Crippen LogP contribution is 2.49. The van der Waals surface area contributed by atoms with Crippen LogP contribution in [0.25, 0.3) is 0 Å². The van der Waals surface area contributed by atoms with Crippen LogP contribution in [0.5, 0.6) is 17.2 Å². The fourth-order valence-corrected chi connectivity index (χ4v) is 5.22. The lowest BCUT2D eigenvalue weighted by atomic mass is 9.62. The molecule has 0 radical (unpaired) electrons. The zero-order valence-electron chi connectivity index (χ0n) is 17.6. The maximum Gasteiger partial charge on any atom is 0.127 e. The van der Waals surface area contributed by atoms with Crippen molar-refractivity contribution in [3.8, 4) is 17.2 Å². The van der Waals surface area contributed by atoms with E-state index in [1.807, 2.05) is 36.4 Å². The van der Waals surface area contributed by atoms with Gasteiger partial charge in [-0.2, -0.15) is 0 Å². The Bertz CT molecular complexity index is 821. The van der Waals surface area contributed by atoms with Crippen molar-refractivity contribution in [1.29, 1.82) is 0 Å². The quantitative estimate of drug-likeness (QED) is 0.803. The molecule has 0 aromatic heterocycles. The molecular weight excluding hydrogens is 366 g/mol. The number of methoxy groups -OCH3 is 3. The fraction of sp³-hybridized carbons (Fsp3) is 0.500. The number of aliphatic hydroxyl groups is 1. The molecule has 2 bridgehead atoms. The van der Waals surface area contributed by atoms with Crippen molar-refractivity contribution in [2.75, 3.05) is 34.4 Å². The van der Waals surface area contributed by atoms with E-state index in [2.05, 4.69) is 11.0 Å². The van der Waals surface area contributed by atoms with Gasteiger partial charge in [0, 0.05) is 43.1 Å². The van der Waals surface area contributed by atoms with Gasteiger partial charge in [0.2, 0.25) is 0 Å². The van der Waals surface area contributed by atoms with Crippen molar-refractivity contribution in [3.63, 3.8) is 0 Å². The number of fused-ring (bicyclic) bond motifs is 2. The second-order valence-electron chi connectivity index (χ2n) is 8.25. The topological polar surface area (TPSA) is 51.2 Å². The summed E-state index contributed by atoms with van der Waals surface area (Å²) >= 11 is 0. The molecule has 156 valence electrons. The number of nitrogens with zero attached hydrogens (tertiary/aromatic N) is 1. The van der Waals surface area contributed by atoms with Crippen LogP contribution >= 0.6 is 0 Å². The van der Waals surface area contributed by atoms with Crippen LogP contribution in [-0.4, -0.2) is 44.4 Å². The minimum Gasteiger partial charge on any atom is -0.497 e. The number of rotatable bonds is 6. The Morgan fingerprint density at radius 3 is 2.10 bits per heavy atom. The Balaban J connectivity index is 1.55. The van der Waals surface area contributed by atoms with Gasteiger partial charge in [-0.1, -0.05) is 24.6 Å². The predicted octanol–water partition coefficient (Wildman–Crippen LogP) is 3.83. The molecule has 2 aromatic carbocycles. The van der Waals surface area contributed by atoms with E-state index in [9.17, 15) is 5.11 Å². The molecule has 2 fully saturated rings. The van der Waals surface area contributed by atoms with Gasteiger partial charge in [0.15, 0.2) is 0 Å². The molecule has 0 amide bonds. The third-order valence-corrected chi connectivity index (χ3v) is 6.75. The minimum atomic E-state index is -0.759. The largest absolute Gasteiger partial charge is 0.497 e. The first-order chi connectivity index (χ1) is 14.1. The highest BCUT2D eigenvalue weighted by Gasteiger charge is 2.51. The smallest absolute Gasteiger partial charge is 0.127 e. The molecule has 2 atom stereocenters. The summed E-state index contributed by atoms with van der Waals surface area (Å²) < 4.78 is 16.2. The summed E-state index contributed by atoms with van der Waals surface area (Å²) in [4.78, 5) is 2.47. The third-order valence-electron chi connectivity index (χ3n) is 6.75. The Morgan fingerprint density at radius 2 is 1.52 bits per heavy atom. The van der Waals surface area contributed by atoms with Gasteiger partial charge < -0.3 is 19.3 Å². The van der Waals surface area contributed by atoms with E-state index in [4.69, 9.17) is 14.2 Å². The molecule has 1 N–H and O–H groups in total. The Morgan fingerprint density at radius 1 is 0.897 bits per heavy atom. The van der Waals surface area contributed by atoms with Crippen LogP contribution in [0.2, 0.25) is 0 Å². The van der Waals surface area contributed by atoms with Crippen LogP contribution in [0.1, 0.15) is 30.4 Å². The second-order valence-corrected chi connectivity index (χ2v) is 8.25. The van der Waals surface area contributed by atoms with E-state index in [1.54, 1.807) is 21.3 Å². The Labute approximate surface area is 173 Å². The highest BCUT2D eigenvalue weighted by atomic mass is 16.5. The maximum absolute atomic E-state index is 11.8. The monoisotopic (exact) mass is 397 g/mol. The molecule has 1 aliphatic carbocycles. The van der Waals surface area contributed by atoms with E-state index in [0.717, 1.165) is 60.9 Å². The van der Waals surface area contributed by atoms with Crippen molar-refractivity contribution < 1.29 is 19.3 Å². The summed E-state index contributed by atoms with van der Waals surface area (Å²) in [6.07, 6.45) is 3.29. The minimum absolute atomic E-state index is 0.229. The lowest BCUT2D eigenvalue weighted by Gasteiger charge is -2.53. The van der Waals surface area contributed by atoms with Crippen LogP contribution in [0.4, 0.5) is 0 Å². The standard InChI is InChI=1S/C24H31NO4/c1-27-21-11-8-18(9-12-21)24(26)19-5-4-6-20(24)16-25(15-19)14-17-7-10-22(28-2)13-23(17)29-3/h7-13,19-20,26H,4-6,14-16H2,1-3H3. The molecule has 2 aliphatic rings. The van der Waals surface area contributed by atoms with Gasteiger partial charge in [-0.05, 0) is 36.6 Å². The van der Waals surface area contributed by atoms with E-state index < -0.39 is 5.60 Å². The van der Waals surface area contributed by atoms with Crippen LogP contribution < -0.4 is 14.2 Å². The van der Waals surface area contributed by atoms with Gasteiger partial charge in [0.1, 0.15) is 17.2 Å². The highest BCUT2D eigenvalue weighted by molar-refractivity contribution is 5.41. The van der Waals surface area contributed by atoms with Crippen LogP contribution in [0, 0.1) is 11.8 Å². The van der Waals surface area contributed by atoms with Crippen LogP contribution in [-0.2, 0) is 12.1 Å². The van der Waals surface area contributed by atoms with Gasteiger partial charge >= 0.3 is 0 Å². The molecule has 1 saturated heterocycles. The number of ether oxygens (including phenoxy) is 3. The molecule has 5 heteroatoms. The SMILES string of the molecule is COc1ccc(C2(O)C3CCCC2CN(Cc2ccc(OC)cc2OC)C3)cc1. The summed E-state index contributed by atoms with van der Waals surface area (Å²) in [5.41, 5.74) is 1.42. The fourth-order valence-electron chi connectivity index (χ4n) is 5.22. The number of hydrogen-bond acceptors (Lipinski definition) is 5. The van der Waals surface area contributed by atoms with Gasteiger partial charge in [-0.25, -0.2) is 0 Å². The third kappa shape index (κ3) is 3.69. The lowest BCUT2D eigenvalue weighted by molar-refractivity contribution is -0.148. The summed E-state index contributed by atoms with van der Waals surface area (Å²) in [7, 11) is 5.04. The average molecular weight is 398 g/mol. The molecule has 0 spiro atoms. The number of hydrogen-bond donors (Lipinski definition) is 1. The van der Waals surface area contributed by atoms with E-state index >= 15 is 0 Å². The molecule has 1 heterocycles. The summed E-state index contributed by atoms with van der Waals surface area (Å²) in [6, 6.07) is 14.0. The maximum atomic E-state index is 11.8. The molecule has 1 aliphatic heterocycles. The lowest BCUT2D eigenvalue weighted by Crippen LogP contribution is -2.57.